The average Bonchev–Trinajstić information content (AvgIpc) is 3.28. The van der Waals surface area contributed by atoms with Crippen molar-refractivity contribution in [3.8, 4) is 0 Å². The zero-order chi connectivity index (χ0) is 45.8. The van der Waals surface area contributed by atoms with Crippen LogP contribution in [0.2, 0.25) is 0 Å². The lowest BCUT2D eigenvalue weighted by Crippen LogP contribution is -2.30. The number of carbonyl (C=O) groups is 3. The normalized spacial score (nSPS) is 12.2. The minimum Gasteiger partial charge on any atom is -0.462 e. The van der Waals surface area contributed by atoms with E-state index in [1.807, 2.05) is 0 Å². The van der Waals surface area contributed by atoms with Gasteiger partial charge in [-0.1, -0.05) is 250 Å². The first kappa shape index (κ1) is 60.6. The predicted octanol–water partition coefficient (Wildman–Crippen LogP) is 18.1. The smallest absolute Gasteiger partial charge is 0.306 e. The second-order valence-corrected chi connectivity index (χ2v) is 18.5. The van der Waals surface area contributed by atoms with Crippen molar-refractivity contribution in [3.63, 3.8) is 0 Å². The Bertz CT molecular complexity index is 1060. The van der Waals surface area contributed by atoms with E-state index in [9.17, 15) is 14.4 Å². The lowest BCUT2D eigenvalue weighted by molar-refractivity contribution is -0.167. The first-order valence-corrected chi connectivity index (χ1v) is 27.5. The van der Waals surface area contributed by atoms with Crippen LogP contribution in [-0.4, -0.2) is 37.2 Å². The van der Waals surface area contributed by atoms with Crippen molar-refractivity contribution in [1.29, 1.82) is 0 Å². The van der Waals surface area contributed by atoms with E-state index >= 15 is 0 Å². The second kappa shape index (κ2) is 52.3. The Morgan fingerprint density at radius 2 is 0.571 bits per heavy atom. The molecule has 0 heterocycles. The number of rotatable bonds is 50. The highest BCUT2D eigenvalue weighted by Gasteiger charge is 2.19. The molecule has 0 bridgehead atoms. The predicted molar refractivity (Wildman–Crippen MR) is 270 cm³/mol. The second-order valence-electron chi connectivity index (χ2n) is 18.5. The fraction of sp³-hybridized carbons (Fsp3) is 0.842. The summed E-state index contributed by atoms with van der Waals surface area (Å²) in [7, 11) is 0. The molecule has 0 aliphatic rings. The van der Waals surface area contributed by atoms with Gasteiger partial charge in [0, 0.05) is 19.3 Å². The number of carbonyl (C=O) groups excluding carboxylic acids is 3. The average molecular weight is 885 g/mol. The molecule has 368 valence electrons. The fourth-order valence-electron chi connectivity index (χ4n) is 7.98. The zero-order valence-electron chi connectivity index (χ0n) is 42.1. The van der Waals surface area contributed by atoms with Gasteiger partial charge in [-0.3, -0.25) is 14.4 Å². The third-order valence-corrected chi connectivity index (χ3v) is 12.1. The molecule has 0 aromatic rings. The van der Waals surface area contributed by atoms with Gasteiger partial charge in [0.25, 0.3) is 0 Å². The van der Waals surface area contributed by atoms with E-state index < -0.39 is 6.10 Å². The van der Waals surface area contributed by atoms with Crippen molar-refractivity contribution >= 4 is 17.9 Å². The van der Waals surface area contributed by atoms with Gasteiger partial charge in [0.1, 0.15) is 13.2 Å². The molecule has 6 heteroatoms. The summed E-state index contributed by atoms with van der Waals surface area (Å²) in [5.74, 6) is -0.906. The van der Waals surface area contributed by atoms with Crippen LogP contribution in [0.25, 0.3) is 0 Å². The van der Waals surface area contributed by atoms with Crippen LogP contribution < -0.4 is 0 Å². The molecule has 0 aromatic heterocycles. The van der Waals surface area contributed by atoms with Crippen LogP contribution in [0.5, 0.6) is 0 Å². The Balaban J connectivity index is 4.35. The minimum absolute atomic E-state index is 0.0798. The molecule has 0 aromatic carbocycles. The molecule has 0 rings (SSSR count). The summed E-state index contributed by atoms with van der Waals surface area (Å²) in [5.41, 5.74) is 0. The van der Waals surface area contributed by atoms with Crippen LogP contribution >= 0.6 is 0 Å². The zero-order valence-corrected chi connectivity index (χ0v) is 42.1. The monoisotopic (exact) mass is 885 g/mol. The topological polar surface area (TPSA) is 78.9 Å². The molecule has 0 fully saturated rings. The highest BCUT2D eigenvalue weighted by molar-refractivity contribution is 5.71. The number of hydrogen-bond acceptors (Lipinski definition) is 6. The summed E-state index contributed by atoms with van der Waals surface area (Å²) in [6.45, 7) is 6.60. The van der Waals surface area contributed by atoms with E-state index in [2.05, 4.69) is 57.2 Å². The first-order valence-electron chi connectivity index (χ1n) is 27.5. The molecule has 63 heavy (non-hydrogen) atoms. The maximum atomic E-state index is 12.8. The van der Waals surface area contributed by atoms with Crippen molar-refractivity contribution in [2.24, 2.45) is 0 Å². The number of allylic oxidation sites excluding steroid dienone is 6. The lowest BCUT2D eigenvalue weighted by Gasteiger charge is -2.18. The van der Waals surface area contributed by atoms with Crippen LogP contribution in [0.4, 0.5) is 0 Å². The van der Waals surface area contributed by atoms with Gasteiger partial charge >= 0.3 is 17.9 Å². The van der Waals surface area contributed by atoms with Gasteiger partial charge < -0.3 is 14.2 Å². The van der Waals surface area contributed by atoms with E-state index in [0.29, 0.717) is 19.3 Å². The molecule has 0 aliphatic carbocycles. The Hall–Kier alpha value is -2.37. The van der Waals surface area contributed by atoms with Gasteiger partial charge in [-0.25, -0.2) is 0 Å². The molecule has 0 aliphatic heterocycles. The summed E-state index contributed by atoms with van der Waals surface area (Å²) >= 11 is 0. The van der Waals surface area contributed by atoms with Gasteiger partial charge in [-0.05, 0) is 57.8 Å². The van der Waals surface area contributed by atoms with Crippen LogP contribution in [0.3, 0.4) is 0 Å². The molecule has 1 atom stereocenters. The van der Waals surface area contributed by atoms with Gasteiger partial charge in [0.2, 0.25) is 0 Å². The van der Waals surface area contributed by atoms with Crippen LogP contribution in [0.1, 0.15) is 290 Å². The molecular formula is C57H104O6. The SMILES string of the molecule is CCCCC/C=C\C/C=C\C/C=C\CCCCC(=O)OC[C@H](COC(=O)CCCCCCCCCCCCC)OC(=O)CCCCCCCCCCCCCCCCCCCCC. The Labute approximate surface area is 391 Å². The summed E-state index contributed by atoms with van der Waals surface area (Å²) < 4.78 is 16.8. The molecule has 0 N–H and O–H groups in total. The van der Waals surface area contributed by atoms with Crippen LogP contribution in [-0.2, 0) is 28.6 Å². The fourth-order valence-corrected chi connectivity index (χ4v) is 7.98. The van der Waals surface area contributed by atoms with Gasteiger partial charge in [-0.2, -0.15) is 0 Å². The molecule has 0 saturated carbocycles. The maximum Gasteiger partial charge on any atom is 0.306 e. The van der Waals surface area contributed by atoms with Crippen LogP contribution in [0.15, 0.2) is 36.5 Å². The molecule has 0 radical (unpaired) electrons. The van der Waals surface area contributed by atoms with Gasteiger partial charge in [0.15, 0.2) is 6.10 Å². The van der Waals surface area contributed by atoms with E-state index in [-0.39, 0.29) is 31.1 Å². The Morgan fingerprint density at radius 3 is 0.921 bits per heavy atom. The lowest BCUT2D eigenvalue weighted by atomic mass is 10.0. The first-order chi connectivity index (χ1) is 31.0. The van der Waals surface area contributed by atoms with Crippen LogP contribution in [0, 0.1) is 0 Å². The number of ether oxygens (including phenoxy) is 3. The minimum atomic E-state index is -0.782. The molecular weight excluding hydrogens is 781 g/mol. The van der Waals surface area contributed by atoms with E-state index in [1.165, 1.54) is 180 Å². The van der Waals surface area contributed by atoms with Gasteiger partial charge in [-0.15, -0.1) is 0 Å². The largest absolute Gasteiger partial charge is 0.462 e. The van der Waals surface area contributed by atoms with Crippen molar-refractivity contribution in [1.82, 2.24) is 0 Å². The van der Waals surface area contributed by atoms with Crippen molar-refractivity contribution in [2.45, 2.75) is 297 Å². The molecule has 0 saturated heterocycles. The van der Waals surface area contributed by atoms with Crippen molar-refractivity contribution < 1.29 is 28.6 Å². The summed E-state index contributed by atoms with van der Waals surface area (Å²) in [6.07, 6.45) is 61.4. The number of esters is 3. The van der Waals surface area contributed by atoms with Crippen molar-refractivity contribution in [2.75, 3.05) is 13.2 Å². The quantitative estimate of drug-likeness (QED) is 0.0262. The number of unbranched alkanes of at least 4 members (excludes halogenated alkanes) is 33. The maximum absolute atomic E-state index is 12.8. The molecule has 0 spiro atoms. The third kappa shape index (κ3) is 50.5. The van der Waals surface area contributed by atoms with Crippen molar-refractivity contribution in [3.05, 3.63) is 36.5 Å². The van der Waals surface area contributed by atoms with Gasteiger partial charge in [0.05, 0.1) is 0 Å². The van der Waals surface area contributed by atoms with E-state index in [4.69, 9.17) is 14.2 Å². The standard InChI is InChI=1S/C57H104O6/c1-4-7-10-13-16-19-22-24-26-27-28-29-31-33-36-39-42-45-48-51-57(60)63-54(52-61-55(58)49-46-43-40-37-34-21-18-15-12-9-6-3)53-62-56(59)50-47-44-41-38-35-32-30-25-23-20-17-14-11-8-5-2/h17,20,25,30,35,38,54H,4-16,18-19,21-24,26-29,31-34,36-37,39-53H2,1-3H3/b20-17-,30-25-,38-35-/t54-/m0/s1. The third-order valence-electron chi connectivity index (χ3n) is 12.1. The summed E-state index contributed by atoms with van der Waals surface area (Å²) in [6, 6.07) is 0. The molecule has 0 unspecified atom stereocenters. The molecule has 6 nitrogen and oxygen atoms in total. The number of hydrogen-bond donors (Lipinski definition) is 0. The molecule has 0 amide bonds. The Morgan fingerprint density at radius 1 is 0.317 bits per heavy atom. The Kier molecular flexibility index (Phi) is 50.3. The highest BCUT2D eigenvalue weighted by atomic mass is 16.6. The van der Waals surface area contributed by atoms with E-state index in [0.717, 1.165) is 70.6 Å². The summed E-state index contributed by atoms with van der Waals surface area (Å²) in [4.78, 5) is 38.0. The van der Waals surface area contributed by atoms with E-state index in [1.54, 1.807) is 0 Å². The highest BCUT2D eigenvalue weighted by Crippen LogP contribution is 2.16. The summed E-state index contributed by atoms with van der Waals surface area (Å²) in [5, 5.41) is 0.